The minimum atomic E-state index is 0.402. The number of methoxy groups -OCH3 is 1. The molecular weight excluding hydrogens is 258 g/mol. The predicted octanol–water partition coefficient (Wildman–Crippen LogP) is 1.10. The van der Waals surface area contributed by atoms with E-state index in [1.54, 1.807) is 7.11 Å². The summed E-state index contributed by atoms with van der Waals surface area (Å²) in [6, 6.07) is 1.92. The van der Waals surface area contributed by atoms with Gasteiger partial charge in [0.2, 0.25) is 0 Å². The molecule has 1 aliphatic heterocycles. The number of aromatic nitrogens is 2. The molecule has 7 nitrogen and oxygen atoms in total. The van der Waals surface area contributed by atoms with Crippen molar-refractivity contribution in [3.63, 3.8) is 0 Å². The number of nitrogens with zero attached hydrogens (tertiary/aromatic N) is 3. The molecule has 0 bridgehead atoms. The summed E-state index contributed by atoms with van der Waals surface area (Å²) in [4.78, 5) is 8.88. The Hall–Kier alpha value is -1.44. The normalized spacial score (nSPS) is 16.1. The van der Waals surface area contributed by atoms with Crippen molar-refractivity contribution < 1.29 is 9.47 Å². The van der Waals surface area contributed by atoms with Crippen molar-refractivity contribution in [2.24, 2.45) is 0 Å². The van der Waals surface area contributed by atoms with Gasteiger partial charge in [-0.15, -0.1) is 0 Å². The van der Waals surface area contributed by atoms with Crippen molar-refractivity contribution in [1.29, 1.82) is 0 Å². The summed E-state index contributed by atoms with van der Waals surface area (Å²) in [7, 11) is 1.64. The fourth-order valence-corrected chi connectivity index (χ4v) is 1.93. The molecule has 1 saturated heterocycles. The standard InChI is InChI=1S/C13H23N5O2/c1-3-4-14-11-9-12(16-13(15-11)10-19-2)17-18-5-7-20-8-6-18/h9H,3-8,10H2,1-2H3,(H2,14,15,16,17). The van der Waals surface area contributed by atoms with Gasteiger partial charge in [-0.2, -0.15) is 0 Å². The molecular formula is C13H23N5O2. The van der Waals surface area contributed by atoms with Gasteiger partial charge in [0, 0.05) is 32.8 Å². The molecule has 2 heterocycles. The van der Waals surface area contributed by atoms with Crippen LogP contribution in [0.5, 0.6) is 0 Å². The van der Waals surface area contributed by atoms with Crippen LogP contribution in [0, 0.1) is 0 Å². The van der Waals surface area contributed by atoms with Gasteiger partial charge in [0.25, 0.3) is 0 Å². The molecule has 112 valence electrons. The van der Waals surface area contributed by atoms with Crippen molar-refractivity contribution >= 4 is 11.6 Å². The van der Waals surface area contributed by atoms with Crippen LogP contribution < -0.4 is 10.7 Å². The van der Waals surface area contributed by atoms with E-state index in [9.17, 15) is 0 Å². The molecule has 2 rings (SSSR count). The summed E-state index contributed by atoms with van der Waals surface area (Å²) in [5.74, 6) is 2.28. The number of morpholine rings is 1. The zero-order valence-corrected chi connectivity index (χ0v) is 12.2. The van der Waals surface area contributed by atoms with Gasteiger partial charge in [0.05, 0.1) is 13.2 Å². The Morgan fingerprint density at radius 2 is 2.05 bits per heavy atom. The van der Waals surface area contributed by atoms with Gasteiger partial charge in [-0.05, 0) is 6.42 Å². The van der Waals surface area contributed by atoms with E-state index >= 15 is 0 Å². The highest BCUT2D eigenvalue weighted by Gasteiger charge is 2.12. The maximum absolute atomic E-state index is 5.33. The van der Waals surface area contributed by atoms with Gasteiger partial charge in [-0.1, -0.05) is 6.92 Å². The van der Waals surface area contributed by atoms with Crippen LogP contribution in [0.2, 0.25) is 0 Å². The molecule has 20 heavy (non-hydrogen) atoms. The van der Waals surface area contributed by atoms with E-state index in [2.05, 4.69) is 32.6 Å². The number of anilines is 2. The van der Waals surface area contributed by atoms with Gasteiger partial charge < -0.3 is 20.2 Å². The fourth-order valence-electron chi connectivity index (χ4n) is 1.93. The number of hydrazine groups is 1. The molecule has 0 aromatic carbocycles. The monoisotopic (exact) mass is 281 g/mol. The van der Waals surface area contributed by atoms with Crippen LogP contribution in [0.15, 0.2) is 6.07 Å². The van der Waals surface area contributed by atoms with Gasteiger partial charge in [-0.25, -0.2) is 15.0 Å². The minimum Gasteiger partial charge on any atom is -0.379 e. The Morgan fingerprint density at radius 3 is 2.75 bits per heavy atom. The molecule has 0 radical (unpaired) electrons. The number of rotatable bonds is 7. The molecule has 0 amide bonds. The van der Waals surface area contributed by atoms with Crippen molar-refractivity contribution in [3.8, 4) is 0 Å². The molecule has 2 N–H and O–H groups in total. The number of hydrogen-bond donors (Lipinski definition) is 2. The van der Waals surface area contributed by atoms with Crippen LogP contribution in [-0.2, 0) is 16.1 Å². The van der Waals surface area contributed by atoms with Crippen molar-refractivity contribution in [2.45, 2.75) is 20.0 Å². The van der Waals surface area contributed by atoms with Crippen LogP contribution in [0.25, 0.3) is 0 Å². The molecule has 0 saturated carbocycles. The average Bonchev–Trinajstić information content (AvgIpc) is 2.46. The Balaban J connectivity index is 2.06. The molecule has 0 unspecified atom stereocenters. The third kappa shape index (κ3) is 4.59. The van der Waals surface area contributed by atoms with Crippen LogP contribution in [-0.4, -0.2) is 54.9 Å². The van der Waals surface area contributed by atoms with Gasteiger partial charge >= 0.3 is 0 Å². The number of nitrogens with one attached hydrogen (secondary N) is 2. The van der Waals surface area contributed by atoms with E-state index in [1.165, 1.54) is 0 Å². The summed E-state index contributed by atoms with van der Waals surface area (Å²) in [5, 5.41) is 5.38. The molecule has 7 heteroatoms. The smallest absolute Gasteiger partial charge is 0.158 e. The molecule has 0 atom stereocenters. The topological polar surface area (TPSA) is 71.5 Å². The maximum Gasteiger partial charge on any atom is 0.158 e. The second-order valence-electron chi connectivity index (χ2n) is 4.63. The molecule has 1 fully saturated rings. The zero-order valence-electron chi connectivity index (χ0n) is 12.2. The van der Waals surface area contributed by atoms with Gasteiger partial charge in [-0.3, -0.25) is 0 Å². The summed E-state index contributed by atoms with van der Waals surface area (Å²) in [5.41, 5.74) is 3.30. The molecule has 0 aliphatic carbocycles. The van der Waals surface area contributed by atoms with E-state index in [1.807, 2.05) is 6.07 Å². The molecule has 1 aromatic rings. The molecule has 1 aliphatic rings. The average molecular weight is 281 g/mol. The van der Waals surface area contributed by atoms with E-state index in [0.29, 0.717) is 12.4 Å². The summed E-state index contributed by atoms with van der Waals surface area (Å²) < 4.78 is 10.4. The lowest BCUT2D eigenvalue weighted by atomic mass is 10.4. The fraction of sp³-hybridized carbons (Fsp3) is 0.692. The summed E-state index contributed by atoms with van der Waals surface area (Å²) in [6.07, 6.45) is 1.05. The summed E-state index contributed by atoms with van der Waals surface area (Å²) in [6.45, 7) is 6.59. The van der Waals surface area contributed by atoms with Gasteiger partial charge in [0.15, 0.2) is 5.82 Å². The van der Waals surface area contributed by atoms with Crippen LogP contribution in [0.1, 0.15) is 19.2 Å². The lowest BCUT2D eigenvalue weighted by Gasteiger charge is -2.27. The number of ether oxygens (including phenoxy) is 2. The Labute approximate surface area is 119 Å². The Morgan fingerprint density at radius 1 is 1.30 bits per heavy atom. The largest absolute Gasteiger partial charge is 0.379 e. The van der Waals surface area contributed by atoms with Crippen molar-refractivity contribution in [1.82, 2.24) is 15.0 Å². The SMILES string of the molecule is CCCNc1cc(NN2CCOCC2)nc(COC)n1. The number of hydrogen-bond acceptors (Lipinski definition) is 7. The first-order valence-corrected chi connectivity index (χ1v) is 7.02. The highest BCUT2D eigenvalue weighted by molar-refractivity contribution is 5.47. The quantitative estimate of drug-likeness (QED) is 0.775. The van der Waals surface area contributed by atoms with Crippen molar-refractivity contribution in [2.75, 3.05) is 50.7 Å². The first-order valence-electron chi connectivity index (χ1n) is 7.02. The van der Waals surface area contributed by atoms with E-state index < -0.39 is 0 Å². The molecule has 0 spiro atoms. The molecule has 1 aromatic heterocycles. The van der Waals surface area contributed by atoms with E-state index in [4.69, 9.17) is 9.47 Å². The first kappa shape index (κ1) is 15.0. The van der Waals surface area contributed by atoms with Gasteiger partial charge in [0.1, 0.15) is 18.2 Å². The zero-order chi connectivity index (χ0) is 14.2. The van der Waals surface area contributed by atoms with E-state index in [0.717, 1.165) is 50.9 Å². The summed E-state index contributed by atoms with van der Waals surface area (Å²) >= 11 is 0. The van der Waals surface area contributed by atoms with Crippen LogP contribution in [0.4, 0.5) is 11.6 Å². The predicted molar refractivity (Wildman–Crippen MR) is 77.5 cm³/mol. The van der Waals surface area contributed by atoms with E-state index in [-0.39, 0.29) is 0 Å². The van der Waals surface area contributed by atoms with Crippen LogP contribution in [0.3, 0.4) is 0 Å². The Bertz CT molecular complexity index is 410. The second kappa shape index (κ2) is 7.98. The minimum absolute atomic E-state index is 0.402. The maximum atomic E-state index is 5.33. The third-order valence-electron chi connectivity index (χ3n) is 2.89. The van der Waals surface area contributed by atoms with Crippen LogP contribution >= 0.6 is 0 Å². The highest BCUT2D eigenvalue weighted by atomic mass is 16.5. The Kier molecular flexibility index (Phi) is 5.97. The van der Waals surface area contributed by atoms with Crippen molar-refractivity contribution in [3.05, 3.63) is 11.9 Å². The first-order chi connectivity index (χ1) is 9.81. The highest BCUT2D eigenvalue weighted by Crippen LogP contribution is 2.13. The third-order valence-corrected chi connectivity index (χ3v) is 2.89. The second-order valence-corrected chi connectivity index (χ2v) is 4.63. The lowest BCUT2D eigenvalue weighted by molar-refractivity contribution is 0.0494. The lowest BCUT2D eigenvalue weighted by Crippen LogP contribution is -2.40.